The van der Waals surface area contributed by atoms with Crippen LogP contribution in [0.3, 0.4) is 0 Å². The van der Waals surface area contributed by atoms with E-state index in [1.807, 2.05) is 0 Å². The van der Waals surface area contributed by atoms with Crippen molar-refractivity contribution in [3.05, 3.63) is 18.0 Å². The Labute approximate surface area is 73.9 Å². The highest BCUT2D eigenvalue weighted by Crippen LogP contribution is 2.14. The molecule has 0 unspecified atom stereocenters. The fraction of sp³-hybridized carbons (Fsp3) is 0.286. The third kappa shape index (κ3) is 1.26. The molecule has 0 bridgehead atoms. The molecule has 1 saturated heterocycles. The maximum atomic E-state index is 11.2. The zero-order valence-corrected chi connectivity index (χ0v) is 6.94. The topological polar surface area (TPSA) is 76.0 Å². The molecule has 1 aromatic rings. The van der Waals surface area contributed by atoms with Crippen LogP contribution in [-0.2, 0) is 11.8 Å². The van der Waals surface area contributed by atoms with E-state index in [0.29, 0.717) is 5.56 Å². The second kappa shape index (κ2) is 2.58. The molecule has 6 heteroatoms. The molecule has 1 atom stereocenters. The van der Waals surface area contributed by atoms with E-state index >= 15 is 0 Å². The van der Waals surface area contributed by atoms with Crippen LogP contribution in [0.2, 0.25) is 0 Å². The van der Waals surface area contributed by atoms with Gasteiger partial charge in [0.25, 0.3) is 5.91 Å². The molecular weight excluding hydrogens is 172 g/mol. The fourth-order valence-corrected chi connectivity index (χ4v) is 1.24. The Hall–Kier alpha value is -1.85. The van der Waals surface area contributed by atoms with Gasteiger partial charge in [-0.1, -0.05) is 0 Å². The predicted octanol–water partition coefficient (Wildman–Crippen LogP) is -0.699. The molecule has 0 aliphatic carbocycles. The highest BCUT2D eigenvalue weighted by atomic mass is 16.2. The van der Waals surface area contributed by atoms with Gasteiger partial charge in [-0.3, -0.25) is 14.8 Å². The molecular formula is C7H8N4O2. The Balaban J connectivity index is 2.27. The second-order valence-electron chi connectivity index (χ2n) is 2.84. The summed E-state index contributed by atoms with van der Waals surface area (Å²) in [6, 6.07) is -1.06. The normalized spacial score (nSPS) is 21.5. The molecule has 0 aromatic carbocycles. The molecule has 0 saturated carbocycles. The largest absolute Gasteiger partial charge is 0.322 e. The van der Waals surface area contributed by atoms with Crippen molar-refractivity contribution >= 4 is 11.9 Å². The maximum absolute atomic E-state index is 11.2. The first-order valence-electron chi connectivity index (χ1n) is 3.77. The highest BCUT2D eigenvalue weighted by Gasteiger charge is 2.31. The van der Waals surface area contributed by atoms with Gasteiger partial charge in [-0.2, -0.15) is 5.10 Å². The molecule has 1 aromatic heterocycles. The van der Waals surface area contributed by atoms with Crippen molar-refractivity contribution in [1.82, 2.24) is 20.4 Å². The first-order chi connectivity index (χ1) is 6.16. The maximum Gasteiger partial charge on any atom is 0.322 e. The number of imide groups is 1. The van der Waals surface area contributed by atoms with Gasteiger partial charge >= 0.3 is 6.03 Å². The molecule has 3 amide bonds. The third-order valence-corrected chi connectivity index (χ3v) is 1.83. The van der Waals surface area contributed by atoms with E-state index in [4.69, 9.17) is 0 Å². The van der Waals surface area contributed by atoms with Crippen molar-refractivity contribution in [2.75, 3.05) is 0 Å². The summed E-state index contributed by atoms with van der Waals surface area (Å²) in [7, 11) is 1.75. The van der Waals surface area contributed by atoms with Gasteiger partial charge < -0.3 is 5.32 Å². The third-order valence-electron chi connectivity index (χ3n) is 1.83. The van der Waals surface area contributed by atoms with Crippen LogP contribution >= 0.6 is 0 Å². The van der Waals surface area contributed by atoms with Crippen LogP contribution < -0.4 is 10.6 Å². The quantitative estimate of drug-likeness (QED) is 0.561. The van der Waals surface area contributed by atoms with E-state index in [2.05, 4.69) is 15.7 Å². The fourth-order valence-electron chi connectivity index (χ4n) is 1.24. The average molecular weight is 180 g/mol. The molecule has 2 N–H and O–H groups in total. The summed E-state index contributed by atoms with van der Waals surface area (Å²) in [5.74, 6) is -0.335. The number of rotatable bonds is 1. The Morgan fingerprint density at radius 1 is 1.54 bits per heavy atom. The smallest absolute Gasteiger partial charge is 0.322 e. The van der Waals surface area contributed by atoms with Crippen LogP contribution in [-0.4, -0.2) is 21.7 Å². The lowest BCUT2D eigenvalue weighted by molar-refractivity contribution is -0.120. The van der Waals surface area contributed by atoms with Gasteiger partial charge in [0, 0.05) is 18.8 Å². The van der Waals surface area contributed by atoms with E-state index in [1.54, 1.807) is 24.1 Å². The molecule has 1 aliphatic rings. The molecule has 2 heterocycles. The summed E-state index contributed by atoms with van der Waals surface area (Å²) in [4.78, 5) is 21.9. The summed E-state index contributed by atoms with van der Waals surface area (Å²) in [5.41, 5.74) is 0.686. The van der Waals surface area contributed by atoms with Crippen LogP contribution in [0.5, 0.6) is 0 Å². The summed E-state index contributed by atoms with van der Waals surface area (Å²) >= 11 is 0. The lowest BCUT2D eigenvalue weighted by atomic mass is 10.2. The SMILES string of the molecule is Cn1cc([C@@H]2NC(=O)NC2=O)cn1. The van der Waals surface area contributed by atoms with Crippen LogP contribution in [0.25, 0.3) is 0 Å². The monoisotopic (exact) mass is 180 g/mol. The van der Waals surface area contributed by atoms with Crippen molar-refractivity contribution in [2.24, 2.45) is 7.05 Å². The van der Waals surface area contributed by atoms with Gasteiger partial charge in [0.15, 0.2) is 0 Å². The van der Waals surface area contributed by atoms with Gasteiger partial charge in [0.1, 0.15) is 6.04 Å². The molecule has 1 fully saturated rings. The van der Waals surface area contributed by atoms with Crippen molar-refractivity contribution in [3.63, 3.8) is 0 Å². The first-order valence-corrected chi connectivity index (χ1v) is 3.77. The van der Waals surface area contributed by atoms with Crippen LogP contribution in [0.1, 0.15) is 11.6 Å². The van der Waals surface area contributed by atoms with Crippen LogP contribution in [0.4, 0.5) is 4.79 Å². The van der Waals surface area contributed by atoms with Gasteiger partial charge in [-0.25, -0.2) is 4.79 Å². The lowest BCUT2D eigenvalue weighted by Crippen LogP contribution is -2.22. The Morgan fingerprint density at radius 2 is 2.31 bits per heavy atom. The minimum absolute atomic E-state index is 0.335. The van der Waals surface area contributed by atoms with E-state index in [0.717, 1.165) is 0 Å². The number of hydrogen-bond acceptors (Lipinski definition) is 3. The van der Waals surface area contributed by atoms with E-state index < -0.39 is 12.1 Å². The van der Waals surface area contributed by atoms with Crippen molar-refractivity contribution in [3.8, 4) is 0 Å². The number of urea groups is 1. The number of aryl methyl sites for hydroxylation is 1. The number of carbonyl (C=O) groups excluding carboxylic acids is 2. The highest BCUT2D eigenvalue weighted by molar-refractivity contribution is 6.04. The number of nitrogens with one attached hydrogen (secondary N) is 2. The number of nitrogens with zero attached hydrogens (tertiary/aromatic N) is 2. The minimum atomic E-state index is -0.596. The van der Waals surface area contributed by atoms with Gasteiger partial charge in [-0.15, -0.1) is 0 Å². The van der Waals surface area contributed by atoms with Crippen molar-refractivity contribution < 1.29 is 9.59 Å². The molecule has 13 heavy (non-hydrogen) atoms. The number of carbonyl (C=O) groups is 2. The van der Waals surface area contributed by atoms with E-state index in [-0.39, 0.29) is 5.91 Å². The van der Waals surface area contributed by atoms with Gasteiger partial charge in [0.05, 0.1) is 6.20 Å². The van der Waals surface area contributed by atoms with Gasteiger partial charge in [-0.05, 0) is 0 Å². The van der Waals surface area contributed by atoms with Crippen molar-refractivity contribution in [2.45, 2.75) is 6.04 Å². The minimum Gasteiger partial charge on any atom is -0.322 e. The van der Waals surface area contributed by atoms with Crippen molar-refractivity contribution in [1.29, 1.82) is 0 Å². The second-order valence-corrected chi connectivity index (χ2v) is 2.84. The summed E-state index contributed by atoms with van der Waals surface area (Å²) in [5, 5.41) is 8.53. The van der Waals surface area contributed by atoms with Crippen LogP contribution in [0.15, 0.2) is 12.4 Å². The predicted molar refractivity (Wildman–Crippen MR) is 42.6 cm³/mol. The molecule has 68 valence electrons. The first kappa shape index (κ1) is 7.78. The number of hydrogen-bond donors (Lipinski definition) is 2. The van der Waals surface area contributed by atoms with Gasteiger partial charge in [0.2, 0.25) is 0 Å². The zero-order chi connectivity index (χ0) is 9.42. The standard InChI is InChI=1S/C7H8N4O2/c1-11-3-4(2-8-11)5-6(12)10-7(13)9-5/h2-3,5H,1H3,(H2,9,10,12,13)/t5-/m0/s1. The average Bonchev–Trinajstić information content (AvgIpc) is 2.58. The number of aromatic nitrogens is 2. The summed E-state index contributed by atoms with van der Waals surface area (Å²) < 4.78 is 1.58. The molecule has 0 radical (unpaired) electrons. The van der Waals surface area contributed by atoms with E-state index in [9.17, 15) is 9.59 Å². The molecule has 1 aliphatic heterocycles. The Kier molecular flexibility index (Phi) is 1.54. The molecule has 0 spiro atoms. The number of amides is 3. The molecule has 2 rings (SSSR count). The summed E-state index contributed by atoms with van der Waals surface area (Å²) in [6.07, 6.45) is 3.24. The summed E-state index contributed by atoms with van der Waals surface area (Å²) in [6.45, 7) is 0. The Morgan fingerprint density at radius 3 is 2.77 bits per heavy atom. The zero-order valence-electron chi connectivity index (χ0n) is 6.94. The molecule has 6 nitrogen and oxygen atoms in total. The lowest BCUT2D eigenvalue weighted by Gasteiger charge is -2.01. The van der Waals surface area contributed by atoms with E-state index in [1.165, 1.54) is 0 Å². The van der Waals surface area contributed by atoms with Crippen LogP contribution in [0, 0.1) is 0 Å². The Bertz CT molecular complexity index is 370.